The van der Waals surface area contributed by atoms with Crippen LogP contribution in [0, 0.1) is 17.8 Å². The molecule has 2 aromatic carbocycles. The van der Waals surface area contributed by atoms with Gasteiger partial charge in [0.25, 0.3) is 11.8 Å². The first-order chi connectivity index (χ1) is 20.2. The van der Waals surface area contributed by atoms with E-state index in [0.717, 1.165) is 9.80 Å². The van der Waals surface area contributed by atoms with Crippen molar-refractivity contribution in [2.45, 2.75) is 28.5 Å². The smallest absolute Gasteiger partial charge is 0.488 e. The molecule has 10 nitrogen and oxygen atoms in total. The van der Waals surface area contributed by atoms with Gasteiger partial charge in [-0.15, -0.1) is 23.2 Å². The predicted molar refractivity (Wildman–Crippen MR) is 164 cm³/mol. The number of likely N-dealkylation sites (tertiary alicyclic amines) is 1. The van der Waals surface area contributed by atoms with Crippen molar-refractivity contribution in [1.82, 2.24) is 4.90 Å². The summed E-state index contributed by atoms with van der Waals surface area (Å²) in [7, 11) is 0.848. The van der Waals surface area contributed by atoms with Crippen LogP contribution in [0.3, 0.4) is 0 Å². The average molecular weight is 757 g/mol. The molecule has 2 aromatic rings. The second-order valence-corrected chi connectivity index (χ2v) is 14.0. The molecule has 3 fully saturated rings. The van der Waals surface area contributed by atoms with Crippen molar-refractivity contribution >= 4 is 97.0 Å². The Morgan fingerprint density at radius 3 is 2.37 bits per heavy atom. The largest absolute Gasteiger partial charge is 0.503 e. The van der Waals surface area contributed by atoms with Gasteiger partial charge in [-0.1, -0.05) is 23.8 Å². The van der Waals surface area contributed by atoms with Gasteiger partial charge in [0.1, 0.15) is 0 Å². The minimum absolute atomic E-state index is 0.0660. The van der Waals surface area contributed by atoms with Crippen molar-refractivity contribution in [2.24, 2.45) is 17.8 Å². The minimum Gasteiger partial charge on any atom is -0.503 e. The number of carbonyl (C=O) groups excluding carboxylic acids is 4. The number of fused-ring (bicyclic) bond motifs is 4. The summed E-state index contributed by atoms with van der Waals surface area (Å²) in [5, 5.41) is 29.9. The molecule has 0 bridgehead atoms. The maximum atomic E-state index is 14.1. The van der Waals surface area contributed by atoms with E-state index in [0.29, 0.717) is 15.6 Å². The molecule has 15 heteroatoms. The molecule has 1 saturated carbocycles. The third kappa shape index (κ3) is 3.98. The van der Waals surface area contributed by atoms with Crippen LogP contribution in [0.15, 0.2) is 50.9 Å². The Hall–Kier alpha value is -2.42. The van der Waals surface area contributed by atoms with Gasteiger partial charge in [-0.25, -0.2) is 0 Å². The lowest BCUT2D eigenvalue weighted by molar-refractivity contribution is -0.138. The highest BCUT2D eigenvalue weighted by molar-refractivity contribution is 9.13. The lowest BCUT2D eigenvalue weighted by atomic mass is 9.56. The van der Waals surface area contributed by atoms with Gasteiger partial charge in [-0.2, -0.15) is 0 Å². The van der Waals surface area contributed by atoms with Crippen LogP contribution < -0.4 is 15.1 Å². The van der Waals surface area contributed by atoms with Crippen LogP contribution in [0.4, 0.5) is 5.69 Å². The number of phenols is 1. The number of alkyl halides is 2. The van der Waals surface area contributed by atoms with Gasteiger partial charge < -0.3 is 19.9 Å². The summed E-state index contributed by atoms with van der Waals surface area (Å²) in [6.45, 7) is 0. The summed E-state index contributed by atoms with van der Waals surface area (Å²) in [6.07, 6.45) is 1.74. The highest BCUT2D eigenvalue weighted by atomic mass is 79.9. The molecule has 2 aliphatic heterocycles. The van der Waals surface area contributed by atoms with E-state index in [1.54, 1.807) is 6.08 Å². The molecule has 2 aliphatic carbocycles. The molecule has 4 amide bonds. The van der Waals surface area contributed by atoms with Crippen LogP contribution in [0.1, 0.15) is 24.3 Å². The van der Waals surface area contributed by atoms with Gasteiger partial charge >= 0.3 is 7.12 Å². The van der Waals surface area contributed by atoms with Crippen LogP contribution in [-0.2, 0) is 19.2 Å². The number of allylic oxidation sites excluding steroid dienone is 2. The number of rotatable bonds is 4. The molecule has 6 atom stereocenters. The standard InChI is InChI=1S/C28H23BBr2Cl2N2O8/c1-34-25(39)27(32)10-16-13(19(28(27,33)26(34)40)15-9-17(43-2)22(36)21(31)20(15)30)6-7-14-18(16)24(38)35(23(14)37)12-5-3-4-11(8-12)29(41)42/h3-6,8-9,14,16,18-19,36,41-42H,7,10H2,1-2H3/t14-,16+,18-,19+,27+,28-/m0/s1. The van der Waals surface area contributed by atoms with Crippen molar-refractivity contribution < 1.29 is 39.1 Å². The molecule has 0 aromatic heterocycles. The molecule has 2 saturated heterocycles. The number of hydrogen-bond acceptors (Lipinski definition) is 8. The van der Waals surface area contributed by atoms with Gasteiger partial charge in [0, 0.05) is 17.4 Å². The highest BCUT2D eigenvalue weighted by Gasteiger charge is 2.76. The maximum Gasteiger partial charge on any atom is 0.488 e. The number of benzene rings is 2. The number of hydrogen-bond donors (Lipinski definition) is 3. The number of aromatic hydroxyl groups is 1. The second kappa shape index (κ2) is 10.3. The molecule has 224 valence electrons. The molecule has 3 N–H and O–H groups in total. The molecule has 0 radical (unpaired) electrons. The van der Waals surface area contributed by atoms with Crippen LogP contribution >= 0.6 is 55.1 Å². The first-order valence-corrected chi connectivity index (χ1v) is 15.5. The summed E-state index contributed by atoms with van der Waals surface area (Å²) in [4.78, 5) is 53.2. The first kappa shape index (κ1) is 30.6. The van der Waals surface area contributed by atoms with Gasteiger partial charge in [-0.3, -0.25) is 29.0 Å². The SMILES string of the molecule is COc1cc([C@H]2C3=CC[C@@H]4C(=O)N(c5cccc(B(O)O)c5)C(=O)[C@@H]4[C@@H]3C[C@@]3(Cl)C(=O)N(C)C(=O)[C@@]23Cl)c(Br)c(Br)c1O. The zero-order valence-electron chi connectivity index (χ0n) is 22.6. The Bertz CT molecular complexity index is 1670. The summed E-state index contributed by atoms with van der Waals surface area (Å²) in [6, 6.07) is 7.34. The molecule has 4 aliphatic rings. The molecule has 2 heterocycles. The van der Waals surface area contributed by atoms with Crippen LogP contribution in [0.5, 0.6) is 11.5 Å². The average Bonchev–Trinajstić information content (AvgIpc) is 3.31. The zero-order valence-corrected chi connectivity index (χ0v) is 27.2. The van der Waals surface area contributed by atoms with Crippen molar-refractivity contribution in [3.05, 3.63) is 56.5 Å². The van der Waals surface area contributed by atoms with Gasteiger partial charge in [0.2, 0.25) is 11.8 Å². The number of halogens is 4. The number of anilines is 1. The van der Waals surface area contributed by atoms with Gasteiger partial charge in [0.05, 0.1) is 29.1 Å². The van der Waals surface area contributed by atoms with Crippen molar-refractivity contribution in [1.29, 1.82) is 0 Å². The molecular formula is C28H23BBr2Cl2N2O8. The Balaban J connectivity index is 1.54. The fourth-order valence-corrected chi connectivity index (χ4v) is 9.11. The molecule has 0 unspecified atom stereocenters. The Morgan fingerprint density at radius 1 is 1.02 bits per heavy atom. The van der Waals surface area contributed by atoms with Crippen molar-refractivity contribution in [3.63, 3.8) is 0 Å². The van der Waals surface area contributed by atoms with Crippen molar-refractivity contribution in [3.8, 4) is 11.5 Å². The van der Waals surface area contributed by atoms with Gasteiger partial charge in [0.15, 0.2) is 21.2 Å². The quantitative estimate of drug-likeness (QED) is 0.187. The number of ether oxygens (including phenoxy) is 1. The number of imide groups is 2. The fraction of sp³-hybridized carbons (Fsp3) is 0.357. The molecule has 43 heavy (non-hydrogen) atoms. The summed E-state index contributed by atoms with van der Waals surface area (Å²) in [5.41, 5.74) is 1.22. The topological polar surface area (TPSA) is 145 Å². The lowest BCUT2D eigenvalue weighted by Gasteiger charge is -2.51. The van der Waals surface area contributed by atoms with Crippen molar-refractivity contribution in [2.75, 3.05) is 19.1 Å². The van der Waals surface area contributed by atoms with E-state index in [2.05, 4.69) is 31.9 Å². The Kier molecular flexibility index (Phi) is 7.34. The zero-order chi connectivity index (χ0) is 31.3. The first-order valence-electron chi connectivity index (χ1n) is 13.2. The van der Waals surface area contributed by atoms with E-state index in [-0.39, 0.29) is 40.0 Å². The third-order valence-electron chi connectivity index (χ3n) is 9.15. The summed E-state index contributed by atoms with van der Waals surface area (Å²) >= 11 is 21.3. The maximum absolute atomic E-state index is 14.1. The van der Waals surface area contributed by atoms with E-state index in [4.69, 9.17) is 27.9 Å². The minimum atomic E-state index is -2.02. The number of amides is 4. The number of carbonyl (C=O) groups is 4. The lowest BCUT2D eigenvalue weighted by Crippen LogP contribution is -2.60. The Morgan fingerprint density at radius 2 is 1.72 bits per heavy atom. The van der Waals surface area contributed by atoms with E-state index in [1.807, 2.05) is 0 Å². The normalized spacial score (nSPS) is 31.6. The van der Waals surface area contributed by atoms with Crippen LogP contribution in [-0.4, -0.2) is 74.7 Å². The molecule has 6 rings (SSSR count). The van der Waals surface area contributed by atoms with E-state index in [1.165, 1.54) is 44.5 Å². The number of methoxy groups -OCH3 is 1. The predicted octanol–water partition coefficient (Wildman–Crippen LogP) is 2.80. The van der Waals surface area contributed by atoms with E-state index >= 15 is 0 Å². The molecular weight excluding hydrogens is 734 g/mol. The fourth-order valence-electron chi connectivity index (χ4n) is 7.15. The Labute approximate surface area is 273 Å². The summed E-state index contributed by atoms with van der Waals surface area (Å²) in [5.74, 6) is -6.16. The third-order valence-corrected chi connectivity index (χ3v) is 12.7. The van der Waals surface area contributed by atoms with Gasteiger partial charge in [-0.05, 0) is 79.8 Å². The number of nitrogens with zero attached hydrogens (tertiary/aromatic N) is 2. The van der Waals surface area contributed by atoms with E-state index < -0.39 is 64.2 Å². The number of phenolic OH excluding ortho intramolecular Hbond substituents is 1. The highest BCUT2D eigenvalue weighted by Crippen LogP contribution is 2.66. The van der Waals surface area contributed by atoms with Crippen LogP contribution in [0.2, 0.25) is 0 Å². The van der Waals surface area contributed by atoms with E-state index in [9.17, 15) is 34.3 Å². The summed E-state index contributed by atoms with van der Waals surface area (Å²) < 4.78 is 5.93. The monoisotopic (exact) mass is 754 g/mol. The second-order valence-electron chi connectivity index (χ2n) is 11.1. The molecule has 0 spiro atoms. The van der Waals surface area contributed by atoms with Crippen LogP contribution in [0.25, 0.3) is 0 Å².